The smallest absolute Gasteiger partial charge is 0.163 e. The average Bonchev–Trinajstić information content (AvgIpc) is 0.740. The largest absolute Gasteiger partial charge is 0.665 e. The van der Waals surface area contributed by atoms with E-state index in [4.69, 9.17) is 56.8 Å². The van der Waals surface area contributed by atoms with E-state index < -0.39 is 0 Å². The Morgan fingerprint density at radius 2 is 0.645 bits per heavy atom. The number of ether oxygens (including phenoxy) is 13. The molecule has 0 saturated heterocycles. The fourth-order valence-electron chi connectivity index (χ4n) is 10.9. The van der Waals surface area contributed by atoms with Crippen LogP contribution in [0.3, 0.4) is 0 Å². The Kier molecular flexibility index (Phi) is 101. The van der Waals surface area contributed by atoms with Gasteiger partial charge >= 0.3 is 0 Å². The average molecular weight is 2180 g/mol. The van der Waals surface area contributed by atoms with Crippen LogP contribution in [0.4, 0.5) is 21.5 Å². The molecule has 0 aliphatic heterocycles. The zero-order valence-corrected chi connectivity index (χ0v) is 105. The minimum atomic E-state index is -0.332. The molecule has 1 spiro atoms. The third-order valence-corrected chi connectivity index (χ3v) is 18.9. The summed E-state index contributed by atoms with van der Waals surface area (Å²) in [5, 5.41) is 9.76. The van der Waals surface area contributed by atoms with Gasteiger partial charge in [0.25, 0.3) is 0 Å². The van der Waals surface area contributed by atoms with Crippen molar-refractivity contribution in [2.75, 3.05) is 115 Å². The third kappa shape index (κ3) is 112. The van der Waals surface area contributed by atoms with Crippen LogP contribution in [0.25, 0.3) is 0 Å². The van der Waals surface area contributed by atoms with Crippen LogP contribution in [-0.2, 0) is 160 Å². The predicted molar refractivity (Wildman–Crippen MR) is 574 cm³/mol. The summed E-state index contributed by atoms with van der Waals surface area (Å²) in [6.45, 7) is 98.0. The number of anilines is 3. The summed E-state index contributed by atoms with van der Waals surface area (Å²) >= 11 is 0. The fourth-order valence-corrected chi connectivity index (χ4v) is 10.9. The van der Waals surface area contributed by atoms with Crippen molar-refractivity contribution < 1.29 is 178 Å². The standard InChI is InChI=1S/C17H30O3.C14H28O3.C14H30O2.C13H26O3.C12H26O2.C11H15FNO.2C11H16NO.3C4H9.3Y/c1-15(2,3)14(18)11-19-12-7-17(8-12)9-13(10-17)20-16(4,5)6;1-12(2)7-10-16-8-5-6-9-17-11-14(15)13(3)4;1-11(2)7-9-15-13(5)14(6)16-10-8-12(3)4;1-11(2)6-9-15-7-5-8-16-10-13(14)12(3)4;1-11(2)5-7-13-9-10-14-8-6-12(3)4;1-11(2,3)13-10-6-5-8(14-4)7-9(10)12;2*1-11(2,3)12-9-5-7-10(13-4)8-6-9;3*1-4(2)3;;;/h12-13H,7-11H2,1-6H3;12-13H,5-11H2,1-4H3;11-14H,7-10H2,1-6H3;11-12H,5-10H2,1-4H3;11-12H,5-10H2,1-4H3;5-7,13H,4H2,1-3H3;2*5-8,12H,4H2,1-3H3;3*1-3H3;;;/q;;;;;6*-1;;;/t;;13-,14-;;;;;;;;;;;/m..1.........../s1. The maximum Gasteiger partial charge on any atom is 0.163 e. The van der Waals surface area contributed by atoms with Crippen LogP contribution in [0, 0.1) is 103 Å². The molecule has 138 heavy (non-hydrogen) atoms. The second kappa shape index (κ2) is 90.4. The van der Waals surface area contributed by atoms with E-state index >= 15 is 0 Å². The molecule has 2 atom stereocenters. The van der Waals surface area contributed by atoms with Crippen LogP contribution in [0.1, 0.15) is 374 Å². The molecule has 2 aliphatic carbocycles. The van der Waals surface area contributed by atoms with Gasteiger partial charge in [-0.3, -0.25) is 14.4 Å². The van der Waals surface area contributed by atoms with Crippen molar-refractivity contribution in [1.82, 2.24) is 0 Å². The Morgan fingerprint density at radius 3 is 0.920 bits per heavy atom. The van der Waals surface area contributed by atoms with E-state index in [9.17, 15) is 18.8 Å². The van der Waals surface area contributed by atoms with Crippen LogP contribution in [0.5, 0.6) is 17.2 Å². The van der Waals surface area contributed by atoms with Gasteiger partial charge in [-0.25, -0.2) is 4.39 Å². The summed E-state index contributed by atoms with van der Waals surface area (Å²) in [5.41, 5.74) is 2.81. The van der Waals surface area contributed by atoms with E-state index in [1.54, 1.807) is 12.1 Å². The summed E-state index contributed by atoms with van der Waals surface area (Å²) in [5.74, 6) is 10.9. The van der Waals surface area contributed by atoms with E-state index in [0.29, 0.717) is 59.8 Å². The number of hydrogen-bond acceptors (Lipinski definition) is 19. The van der Waals surface area contributed by atoms with Crippen molar-refractivity contribution in [3.63, 3.8) is 0 Å². The first-order valence-electron chi connectivity index (χ1n) is 50.7. The number of rotatable bonds is 49. The zero-order valence-electron chi connectivity index (χ0n) is 96.8. The van der Waals surface area contributed by atoms with Gasteiger partial charge in [-0.05, 0) is 282 Å². The van der Waals surface area contributed by atoms with Crippen molar-refractivity contribution in [2.24, 2.45) is 58.2 Å². The van der Waals surface area contributed by atoms with Crippen LogP contribution in [-0.4, -0.2) is 163 Å². The molecule has 0 amide bonds. The second-order valence-electron chi connectivity index (χ2n) is 45.6. The van der Waals surface area contributed by atoms with Gasteiger partial charge in [0.15, 0.2) is 17.3 Å². The summed E-state index contributed by atoms with van der Waals surface area (Å²) < 4.78 is 83.3. The number of benzene rings is 3. The minimum absolute atomic E-state index is 0. The molecular weight excluding hydrogens is 1960 g/mol. The van der Waals surface area contributed by atoms with Crippen molar-refractivity contribution in [1.29, 1.82) is 0 Å². The summed E-state index contributed by atoms with van der Waals surface area (Å²) in [6.07, 6.45) is 15.3. The Bertz CT molecular complexity index is 3090. The molecule has 0 bridgehead atoms. The van der Waals surface area contributed by atoms with E-state index in [-0.39, 0.29) is 199 Å². The molecule has 807 valence electrons. The molecule has 0 heterocycles. The predicted octanol–water partition coefficient (Wildman–Crippen LogP) is 30.7. The quantitative estimate of drug-likeness (QED) is 0.0355. The van der Waals surface area contributed by atoms with Gasteiger partial charge in [0.2, 0.25) is 0 Å². The summed E-state index contributed by atoms with van der Waals surface area (Å²) in [4.78, 5) is 34.2. The molecule has 2 fully saturated rings. The monoisotopic (exact) mass is 2180 g/mol. The van der Waals surface area contributed by atoms with Crippen molar-refractivity contribution in [2.45, 2.75) is 421 Å². The van der Waals surface area contributed by atoms with Gasteiger partial charge in [-0.1, -0.05) is 132 Å². The Balaban J connectivity index is -0.000000193. The number of hydrogen-bond donors (Lipinski definition) is 3. The molecule has 19 nitrogen and oxygen atoms in total. The van der Waals surface area contributed by atoms with Crippen LogP contribution in [0.15, 0.2) is 66.7 Å². The molecule has 2 saturated carbocycles. The number of carbonyl (C=O) groups excluding carboxylic acids is 3. The van der Waals surface area contributed by atoms with Gasteiger partial charge in [-0.2, -0.15) is 83.6 Å². The molecule has 3 aromatic carbocycles. The molecule has 2 aliphatic rings. The van der Waals surface area contributed by atoms with Crippen molar-refractivity contribution >= 4 is 34.4 Å². The Labute approximate surface area is 927 Å². The molecule has 5 rings (SSSR count). The number of halogens is 1. The first kappa shape index (κ1) is 154. The van der Waals surface area contributed by atoms with Gasteiger partial charge in [0, 0.05) is 216 Å². The van der Waals surface area contributed by atoms with Crippen molar-refractivity contribution in [3.05, 3.63) is 112 Å². The van der Waals surface area contributed by atoms with Crippen LogP contribution < -0.4 is 30.2 Å². The molecule has 0 unspecified atom stereocenters. The summed E-state index contributed by atoms with van der Waals surface area (Å²) in [6, 6.07) is 20.1. The molecule has 0 aromatic heterocycles. The SMILES string of the molecule is CC(C)(C)OC1CC2(CC(OCC(=O)C(C)(C)C)C2)C1.CC(C)CCOCCCCOCC(=O)C(C)C.CC(C)CCOCCCOCC(=O)C(C)C.CC(C)CCOCCOCCC(C)C.CC(C)CCO[C@H](C)[C@@H](C)OCCC(C)C.C[C-](C)C.C[C-](C)C.C[C-](C)C.[CH2-]Oc1ccc(NC(C)(C)C)c(F)c1.[CH2-]Oc1ccc(NC(C)(C)C)cc1.[CH2-]Oc1ccc(NC(C)(C)C)cc1.[Y].[Y].[Y]. The van der Waals surface area contributed by atoms with E-state index in [0.717, 1.165) is 184 Å². The van der Waals surface area contributed by atoms with E-state index in [1.165, 1.54) is 23.8 Å². The first-order valence-corrected chi connectivity index (χ1v) is 50.7. The van der Waals surface area contributed by atoms with Crippen LogP contribution in [0.2, 0.25) is 0 Å². The molecular formula is C115H214FN3O16Y3-6. The number of carbonyl (C=O) groups is 3. The maximum atomic E-state index is 13.4. The van der Waals surface area contributed by atoms with E-state index in [2.05, 4.69) is 264 Å². The van der Waals surface area contributed by atoms with Gasteiger partial charge in [0.1, 0.15) is 25.6 Å². The van der Waals surface area contributed by atoms with Gasteiger partial charge in [0.05, 0.1) is 66.2 Å². The molecule has 3 aromatic rings. The Hall–Kier alpha value is -1.69. The first-order chi connectivity index (χ1) is 62.3. The zero-order chi connectivity index (χ0) is 105. The Morgan fingerprint density at radius 1 is 0.370 bits per heavy atom. The molecule has 3 N–H and O–H groups in total. The van der Waals surface area contributed by atoms with Crippen LogP contribution >= 0.6 is 0 Å². The number of Topliss-reactive ketones (excluding diaryl/α,β-unsaturated/α-hetero) is 3. The number of nitrogens with one attached hydrogen (secondary N) is 3. The van der Waals surface area contributed by atoms with Gasteiger partial charge < -0.3 is 95.3 Å². The molecule has 23 heteroatoms. The third-order valence-electron chi connectivity index (χ3n) is 18.9. The number of ketones is 3. The topological polar surface area (TPSA) is 207 Å². The summed E-state index contributed by atoms with van der Waals surface area (Å²) in [7, 11) is 9.89. The number of unbranched alkanes of at least 4 members (excludes halogenated alkanes) is 1. The second-order valence-corrected chi connectivity index (χ2v) is 45.6. The van der Waals surface area contributed by atoms with Crippen molar-refractivity contribution in [3.8, 4) is 17.2 Å². The van der Waals surface area contributed by atoms with E-state index in [1.807, 2.05) is 118 Å². The van der Waals surface area contributed by atoms with Gasteiger partial charge in [-0.15, -0.1) is 0 Å². The normalized spacial score (nSPS) is 14.6. The maximum absolute atomic E-state index is 13.4. The fraction of sp³-hybridized carbons (Fsp3) is 0.765. The minimum Gasteiger partial charge on any atom is -0.665 e. The molecule has 3 radical (unpaired) electrons.